The summed E-state index contributed by atoms with van der Waals surface area (Å²) in [5.41, 5.74) is 0.393. The first kappa shape index (κ1) is 6.79. The highest BCUT2D eigenvalue weighted by molar-refractivity contribution is 6.11. The number of epoxide rings is 2. The Morgan fingerprint density at radius 1 is 1.50 bits per heavy atom. The smallest absolute Gasteiger partial charge is 0.104 e. The lowest BCUT2D eigenvalue weighted by Crippen LogP contribution is -2.22. The maximum atomic E-state index is 5.50. The molecule has 0 amide bonds. The van der Waals surface area contributed by atoms with Crippen molar-refractivity contribution >= 4 is 10.2 Å². The summed E-state index contributed by atoms with van der Waals surface area (Å²) in [4.78, 5) is 0. The van der Waals surface area contributed by atoms with Crippen molar-refractivity contribution in [2.75, 3.05) is 19.8 Å². The molecule has 2 fully saturated rings. The summed E-state index contributed by atoms with van der Waals surface area (Å²) < 4.78 is 15.6. The zero-order chi connectivity index (χ0) is 6.97. The average molecular weight is 160 g/mol. The highest BCUT2D eigenvalue weighted by Crippen LogP contribution is 2.16. The van der Waals surface area contributed by atoms with E-state index >= 15 is 0 Å². The topological polar surface area (TPSA) is 34.3 Å². The normalized spacial score (nSPS) is 39.6. The molecule has 0 aromatic heterocycles. The molecule has 2 aliphatic rings. The van der Waals surface area contributed by atoms with E-state index in [4.69, 9.17) is 14.2 Å². The number of hydrogen-bond donors (Lipinski definition) is 0. The van der Waals surface area contributed by atoms with Crippen LogP contribution in [0.4, 0.5) is 0 Å². The molecule has 0 bridgehead atoms. The molecule has 2 aliphatic heterocycles. The molecule has 0 spiro atoms. The maximum Gasteiger partial charge on any atom is 0.104 e. The van der Waals surface area contributed by atoms with E-state index in [1.165, 1.54) is 0 Å². The van der Waals surface area contributed by atoms with Crippen LogP contribution in [-0.2, 0) is 14.2 Å². The average Bonchev–Trinajstić information content (AvgIpc) is 2.76. The fourth-order valence-corrected chi connectivity index (χ4v) is 1.43. The monoisotopic (exact) mass is 160 g/mol. The molecular weight excluding hydrogens is 148 g/mol. The van der Waals surface area contributed by atoms with Crippen molar-refractivity contribution in [2.24, 2.45) is 0 Å². The van der Waals surface area contributed by atoms with E-state index in [9.17, 15) is 0 Å². The van der Waals surface area contributed by atoms with Crippen molar-refractivity contribution in [3.05, 3.63) is 0 Å². The third-order valence-corrected chi connectivity index (χ3v) is 2.91. The first-order valence-corrected chi connectivity index (χ1v) is 4.86. The molecule has 3 atom stereocenters. The van der Waals surface area contributed by atoms with Crippen LogP contribution in [0.1, 0.15) is 0 Å². The summed E-state index contributed by atoms with van der Waals surface area (Å²) in [6.45, 7) is 2.56. The molecule has 3 nitrogen and oxygen atoms in total. The summed E-state index contributed by atoms with van der Waals surface area (Å²) in [5.74, 6) is 0. The molecule has 0 radical (unpaired) electrons. The van der Waals surface area contributed by atoms with Crippen LogP contribution in [0, 0.1) is 0 Å². The van der Waals surface area contributed by atoms with Gasteiger partial charge in [0.15, 0.2) is 0 Å². The van der Waals surface area contributed by atoms with Crippen LogP contribution in [0.15, 0.2) is 0 Å². The van der Waals surface area contributed by atoms with E-state index in [2.05, 4.69) is 0 Å². The fourth-order valence-electron chi connectivity index (χ4n) is 0.857. The van der Waals surface area contributed by atoms with Crippen LogP contribution in [0.3, 0.4) is 0 Å². The first-order chi connectivity index (χ1) is 4.86. The van der Waals surface area contributed by atoms with Crippen LogP contribution < -0.4 is 0 Å². The van der Waals surface area contributed by atoms with Gasteiger partial charge in [0.05, 0.1) is 25.5 Å². The highest BCUT2D eigenvalue weighted by Gasteiger charge is 2.32. The highest BCUT2D eigenvalue weighted by atomic mass is 28.1. The van der Waals surface area contributed by atoms with Crippen LogP contribution >= 0.6 is 0 Å². The molecular formula is C6H12O3Si. The minimum Gasteiger partial charge on any atom is -0.377 e. The van der Waals surface area contributed by atoms with E-state index in [1.807, 2.05) is 0 Å². The second-order valence-corrected chi connectivity index (χ2v) is 4.00. The Hall–Kier alpha value is 0.0969. The van der Waals surface area contributed by atoms with Gasteiger partial charge in [-0.1, -0.05) is 0 Å². The summed E-state index contributed by atoms with van der Waals surface area (Å²) in [5, 5.41) is 0. The Kier molecular flexibility index (Phi) is 1.78. The van der Waals surface area contributed by atoms with E-state index < -0.39 is 0 Å². The van der Waals surface area contributed by atoms with Gasteiger partial charge in [-0.2, -0.15) is 0 Å². The number of hydrogen-bond acceptors (Lipinski definition) is 3. The van der Waals surface area contributed by atoms with Gasteiger partial charge in [0.2, 0.25) is 0 Å². The summed E-state index contributed by atoms with van der Waals surface area (Å²) >= 11 is 0. The van der Waals surface area contributed by atoms with Gasteiger partial charge in [0, 0.05) is 10.2 Å². The molecule has 0 aliphatic carbocycles. The van der Waals surface area contributed by atoms with Gasteiger partial charge >= 0.3 is 0 Å². The zero-order valence-electron chi connectivity index (χ0n) is 6.08. The van der Waals surface area contributed by atoms with E-state index in [0.29, 0.717) is 17.9 Å². The van der Waals surface area contributed by atoms with Gasteiger partial charge in [-0.3, -0.25) is 0 Å². The van der Waals surface area contributed by atoms with E-state index in [0.717, 1.165) is 30.1 Å². The van der Waals surface area contributed by atoms with Crippen LogP contribution in [-0.4, -0.2) is 48.0 Å². The number of ether oxygens (including phenoxy) is 3. The van der Waals surface area contributed by atoms with Gasteiger partial charge in [0.25, 0.3) is 0 Å². The molecule has 2 heterocycles. The second-order valence-electron chi connectivity index (χ2n) is 2.87. The van der Waals surface area contributed by atoms with Crippen molar-refractivity contribution in [3.63, 3.8) is 0 Å². The molecule has 3 unspecified atom stereocenters. The van der Waals surface area contributed by atoms with Gasteiger partial charge in [0.1, 0.15) is 12.2 Å². The van der Waals surface area contributed by atoms with Gasteiger partial charge < -0.3 is 14.2 Å². The standard InChI is InChI=1S/C6H12O3Si/c10-6(5-3-8-5)9-2-4-1-7-4/h4-6H,1-3H2,10H3. The molecule has 2 saturated heterocycles. The Balaban J connectivity index is 1.58. The minimum atomic E-state index is 0.393. The lowest BCUT2D eigenvalue weighted by atomic mass is 10.5. The van der Waals surface area contributed by atoms with Gasteiger partial charge in [-0.15, -0.1) is 0 Å². The van der Waals surface area contributed by atoms with E-state index in [-0.39, 0.29) is 0 Å². The lowest BCUT2D eigenvalue weighted by molar-refractivity contribution is 0.0739. The largest absolute Gasteiger partial charge is 0.377 e. The van der Waals surface area contributed by atoms with Crippen LogP contribution in [0.5, 0.6) is 0 Å². The first-order valence-electron chi connectivity index (χ1n) is 3.71. The van der Waals surface area contributed by atoms with Crippen molar-refractivity contribution in [3.8, 4) is 0 Å². The number of rotatable bonds is 4. The Bertz CT molecular complexity index is 122. The fraction of sp³-hybridized carbons (Fsp3) is 1.00. The molecule has 2 rings (SSSR count). The van der Waals surface area contributed by atoms with Gasteiger partial charge in [-0.05, 0) is 0 Å². The van der Waals surface area contributed by atoms with E-state index in [1.54, 1.807) is 0 Å². The lowest BCUT2D eigenvalue weighted by Gasteiger charge is -2.07. The Labute approximate surface area is 63.1 Å². The van der Waals surface area contributed by atoms with Crippen molar-refractivity contribution in [1.82, 2.24) is 0 Å². The van der Waals surface area contributed by atoms with Crippen molar-refractivity contribution in [2.45, 2.75) is 17.9 Å². The molecule has 0 saturated carbocycles. The predicted molar refractivity (Wildman–Crippen MR) is 39.2 cm³/mol. The second kappa shape index (κ2) is 2.62. The molecule has 58 valence electrons. The minimum absolute atomic E-state index is 0.393. The summed E-state index contributed by atoms with van der Waals surface area (Å²) in [7, 11) is 1.07. The van der Waals surface area contributed by atoms with Crippen molar-refractivity contribution in [1.29, 1.82) is 0 Å². The van der Waals surface area contributed by atoms with Crippen LogP contribution in [0.25, 0.3) is 0 Å². The molecule has 4 heteroatoms. The van der Waals surface area contributed by atoms with Gasteiger partial charge in [-0.25, -0.2) is 0 Å². The Morgan fingerprint density at radius 3 is 2.70 bits per heavy atom. The summed E-state index contributed by atoms with van der Waals surface area (Å²) in [6.07, 6.45) is 0.820. The third kappa shape index (κ3) is 1.79. The molecule has 10 heavy (non-hydrogen) atoms. The van der Waals surface area contributed by atoms with Crippen LogP contribution in [0.2, 0.25) is 0 Å². The predicted octanol–water partition coefficient (Wildman–Crippen LogP) is -1.51. The molecule has 0 aromatic rings. The molecule has 0 N–H and O–H groups in total. The van der Waals surface area contributed by atoms with Crippen molar-refractivity contribution < 1.29 is 14.2 Å². The maximum absolute atomic E-state index is 5.50. The zero-order valence-corrected chi connectivity index (χ0v) is 8.08. The third-order valence-electron chi connectivity index (χ3n) is 1.83. The quantitative estimate of drug-likeness (QED) is 0.370. The SMILES string of the molecule is [SiH3]C(OCC1CO1)C1CO1. The summed E-state index contributed by atoms with van der Waals surface area (Å²) in [6, 6.07) is 0. The molecule has 0 aromatic carbocycles. The Morgan fingerprint density at radius 2 is 2.20 bits per heavy atom.